The van der Waals surface area contributed by atoms with Crippen LogP contribution in [0.1, 0.15) is 11.1 Å². The third kappa shape index (κ3) is 7.12. The van der Waals surface area contributed by atoms with Crippen molar-refractivity contribution in [2.24, 2.45) is 0 Å². The molecule has 2 aromatic carbocycles. The zero-order valence-electron chi connectivity index (χ0n) is 16.3. The average molecular weight is 400 g/mol. The summed E-state index contributed by atoms with van der Waals surface area (Å²) in [6.45, 7) is 6.62. The Morgan fingerprint density at radius 2 is 1.75 bits per heavy atom. The predicted octanol–water partition coefficient (Wildman–Crippen LogP) is 0.496. The molecule has 28 heavy (non-hydrogen) atoms. The van der Waals surface area contributed by atoms with Crippen LogP contribution >= 0.6 is 11.6 Å². The molecule has 1 amide bonds. The average Bonchev–Trinajstić information content (AvgIpc) is 2.70. The van der Waals surface area contributed by atoms with Crippen molar-refractivity contribution in [3.05, 3.63) is 76.8 Å². The molecule has 0 atom stereocenters. The smallest absolute Gasteiger partial charge is 0.275 e. The van der Waals surface area contributed by atoms with Gasteiger partial charge in [-0.25, -0.2) is 0 Å². The number of carbonyl (C=O) groups excluding carboxylic acids is 1. The fraction of sp³-hybridized carbons (Fsp3) is 0.348. The normalized spacial score (nSPS) is 19.6. The number of carbonyl (C=O) groups is 1. The number of amides is 1. The van der Waals surface area contributed by atoms with Gasteiger partial charge in [0.1, 0.15) is 26.2 Å². The van der Waals surface area contributed by atoms with Gasteiger partial charge in [0.25, 0.3) is 5.91 Å². The number of halogens is 1. The molecular weight excluding hydrogens is 370 g/mol. The van der Waals surface area contributed by atoms with Crippen LogP contribution in [0.25, 0.3) is 6.08 Å². The zero-order valence-corrected chi connectivity index (χ0v) is 17.0. The SMILES string of the molecule is O=C(C[NH+]1CC[NH+](C/C=C/c2ccccc2)CC1)NCCc1cccc(Cl)c1. The molecule has 1 saturated heterocycles. The topological polar surface area (TPSA) is 38.0 Å². The van der Waals surface area contributed by atoms with E-state index in [-0.39, 0.29) is 5.91 Å². The third-order valence-corrected chi connectivity index (χ3v) is 5.45. The van der Waals surface area contributed by atoms with Crippen LogP contribution in [0.5, 0.6) is 0 Å². The number of hydrogen-bond acceptors (Lipinski definition) is 1. The first-order valence-electron chi connectivity index (χ1n) is 10.1. The van der Waals surface area contributed by atoms with E-state index in [1.807, 2.05) is 30.3 Å². The Balaban J connectivity index is 1.30. The van der Waals surface area contributed by atoms with E-state index in [9.17, 15) is 4.79 Å². The van der Waals surface area contributed by atoms with Gasteiger partial charge >= 0.3 is 0 Å². The summed E-state index contributed by atoms with van der Waals surface area (Å²) in [6.07, 6.45) is 5.27. The van der Waals surface area contributed by atoms with Crippen LogP contribution in [0.3, 0.4) is 0 Å². The molecule has 0 radical (unpaired) electrons. The molecule has 1 heterocycles. The summed E-state index contributed by atoms with van der Waals surface area (Å²) in [5.74, 6) is 0.143. The van der Waals surface area contributed by atoms with E-state index >= 15 is 0 Å². The number of rotatable bonds is 8. The molecule has 2 aromatic rings. The second-order valence-corrected chi connectivity index (χ2v) is 7.86. The number of hydrogen-bond donors (Lipinski definition) is 3. The van der Waals surface area contributed by atoms with Crippen molar-refractivity contribution in [2.75, 3.05) is 45.8 Å². The van der Waals surface area contributed by atoms with Crippen molar-refractivity contribution in [1.29, 1.82) is 0 Å². The van der Waals surface area contributed by atoms with Gasteiger partial charge in [-0.1, -0.05) is 60.1 Å². The van der Waals surface area contributed by atoms with Crippen molar-refractivity contribution in [3.8, 4) is 0 Å². The summed E-state index contributed by atoms with van der Waals surface area (Å²) < 4.78 is 0. The first kappa shape index (κ1) is 20.6. The van der Waals surface area contributed by atoms with E-state index in [4.69, 9.17) is 11.6 Å². The van der Waals surface area contributed by atoms with Gasteiger partial charge in [0.2, 0.25) is 0 Å². The van der Waals surface area contributed by atoms with Crippen LogP contribution in [-0.4, -0.2) is 51.7 Å². The van der Waals surface area contributed by atoms with Crippen LogP contribution in [0.2, 0.25) is 5.02 Å². The minimum atomic E-state index is 0.143. The molecule has 0 bridgehead atoms. The van der Waals surface area contributed by atoms with Gasteiger partial charge in [0.15, 0.2) is 6.54 Å². The molecule has 0 aliphatic carbocycles. The summed E-state index contributed by atoms with van der Waals surface area (Å²) in [7, 11) is 0. The number of benzene rings is 2. The molecule has 3 rings (SSSR count). The Morgan fingerprint density at radius 1 is 1.00 bits per heavy atom. The van der Waals surface area contributed by atoms with Crippen molar-refractivity contribution in [3.63, 3.8) is 0 Å². The Morgan fingerprint density at radius 3 is 2.50 bits per heavy atom. The van der Waals surface area contributed by atoms with Crippen molar-refractivity contribution in [2.45, 2.75) is 6.42 Å². The Kier molecular flexibility index (Phi) is 8.09. The summed E-state index contributed by atoms with van der Waals surface area (Å²) in [5.41, 5.74) is 2.40. The first-order chi connectivity index (χ1) is 13.7. The molecule has 0 aromatic heterocycles. The van der Waals surface area contributed by atoms with Gasteiger partial charge in [-0.05, 0) is 35.8 Å². The highest BCUT2D eigenvalue weighted by Crippen LogP contribution is 2.10. The first-order valence-corrected chi connectivity index (χ1v) is 10.5. The van der Waals surface area contributed by atoms with Crippen LogP contribution in [0, 0.1) is 0 Å². The minimum absolute atomic E-state index is 0.143. The molecule has 0 unspecified atom stereocenters. The second-order valence-electron chi connectivity index (χ2n) is 7.42. The van der Waals surface area contributed by atoms with Gasteiger partial charge in [-0.15, -0.1) is 0 Å². The van der Waals surface area contributed by atoms with E-state index in [1.165, 1.54) is 10.5 Å². The van der Waals surface area contributed by atoms with Crippen LogP contribution < -0.4 is 15.1 Å². The van der Waals surface area contributed by atoms with Gasteiger partial charge in [-0.2, -0.15) is 0 Å². The highest BCUT2D eigenvalue weighted by Gasteiger charge is 2.23. The van der Waals surface area contributed by atoms with Crippen molar-refractivity contribution in [1.82, 2.24) is 5.32 Å². The van der Waals surface area contributed by atoms with Gasteiger partial charge < -0.3 is 15.1 Å². The lowest BCUT2D eigenvalue weighted by Gasteiger charge is -2.28. The highest BCUT2D eigenvalue weighted by molar-refractivity contribution is 6.30. The lowest BCUT2D eigenvalue weighted by Crippen LogP contribution is -3.28. The maximum Gasteiger partial charge on any atom is 0.275 e. The molecule has 4 nitrogen and oxygen atoms in total. The van der Waals surface area contributed by atoms with E-state index in [2.05, 4.69) is 41.7 Å². The van der Waals surface area contributed by atoms with E-state index in [0.717, 1.165) is 49.7 Å². The monoisotopic (exact) mass is 399 g/mol. The maximum atomic E-state index is 12.2. The summed E-state index contributed by atoms with van der Waals surface area (Å²) in [6, 6.07) is 18.2. The van der Waals surface area contributed by atoms with Crippen LogP contribution in [-0.2, 0) is 11.2 Å². The predicted molar refractivity (Wildman–Crippen MR) is 115 cm³/mol. The summed E-state index contributed by atoms with van der Waals surface area (Å²) >= 11 is 5.99. The Hall–Kier alpha value is -2.14. The number of nitrogens with one attached hydrogen (secondary N) is 3. The Labute approximate surface area is 172 Å². The molecule has 3 N–H and O–H groups in total. The van der Waals surface area contributed by atoms with Crippen molar-refractivity contribution >= 4 is 23.6 Å². The van der Waals surface area contributed by atoms with E-state index in [1.54, 1.807) is 4.90 Å². The molecule has 1 fully saturated rings. The minimum Gasteiger partial charge on any atom is -0.351 e. The fourth-order valence-electron chi connectivity index (χ4n) is 3.59. The molecule has 0 spiro atoms. The lowest BCUT2D eigenvalue weighted by molar-refractivity contribution is -1.01. The van der Waals surface area contributed by atoms with Crippen LogP contribution in [0.15, 0.2) is 60.7 Å². The molecular formula is C23H30ClN3O+2. The fourth-order valence-corrected chi connectivity index (χ4v) is 3.81. The van der Waals surface area contributed by atoms with Crippen molar-refractivity contribution < 1.29 is 14.6 Å². The zero-order chi connectivity index (χ0) is 19.6. The quantitative estimate of drug-likeness (QED) is 0.594. The molecule has 0 saturated carbocycles. The third-order valence-electron chi connectivity index (χ3n) is 5.22. The lowest BCUT2D eigenvalue weighted by atomic mass is 10.1. The largest absolute Gasteiger partial charge is 0.351 e. The molecule has 1 aliphatic heterocycles. The maximum absolute atomic E-state index is 12.2. The van der Waals surface area contributed by atoms with Gasteiger partial charge in [-0.3, -0.25) is 4.79 Å². The summed E-state index contributed by atoms with van der Waals surface area (Å²) in [5, 5.41) is 3.78. The van der Waals surface area contributed by atoms with Gasteiger partial charge in [0, 0.05) is 11.6 Å². The molecule has 1 aliphatic rings. The standard InChI is InChI=1S/C23H28ClN3O/c24-22-10-4-8-21(18-22)11-12-25-23(28)19-27-16-14-26(15-17-27)13-5-9-20-6-2-1-3-7-20/h1-10,18H,11-17,19H2,(H,25,28)/p+2/b9-5+. The highest BCUT2D eigenvalue weighted by atomic mass is 35.5. The summed E-state index contributed by atoms with van der Waals surface area (Å²) in [4.78, 5) is 15.2. The Bertz CT molecular complexity index is 770. The number of quaternary nitrogens is 2. The number of piperazine rings is 1. The molecule has 148 valence electrons. The van der Waals surface area contributed by atoms with E-state index < -0.39 is 0 Å². The van der Waals surface area contributed by atoms with E-state index in [0.29, 0.717) is 13.1 Å². The molecule has 5 heteroatoms. The van der Waals surface area contributed by atoms with Crippen LogP contribution in [0.4, 0.5) is 0 Å². The second kappa shape index (κ2) is 11.0. The van der Waals surface area contributed by atoms with Gasteiger partial charge in [0.05, 0.1) is 6.54 Å².